The molecule has 44 heavy (non-hydrogen) atoms. The summed E-state index contributed by atoms with van der Waals surface area (Å²) in [6.45, 7) is 23.6. The summed E-state index contributed by atoms with van der Waals surface area (Å²) in [7, 11) is 0. The highest BCUT2D eigenvalue weighted by molar-refractivity contribution is 5.96. The second kappa shape index (κ2) is 20.5. The topological polar surface area (TPSA) is 17.1 Å². The smallest absolute Gasteiger partial charge is 0.160 e. The number of hydrogen-bond donors (Lipinski definition) is 0. The van der Waals surface area contributed by atoms with Crippen molar-refractivity contribution in [3.63, 3.8) is 0 Å². The van der Waals surface area contributed by atoms with Gasteiger partial charge in [0.25, 0.3) is 0 Å². The number of aryl methyl sites for hydroxylation is 6. The molecular formula is C43H60O. The molecule has 0 saturated carbocycles. The average Bonchev–Trinajstić information content (AvgIpc) is 3.00. The number of benzene rings is 4. The fourth-order valence-electron chi connectivity index (χ4n) is 5.19. The van der Waals surface area contributed by atoms with Crippen molar-refractivity contribution in [1.29, 1.82) is 0 Å². The SMILES string of the molecule is CC(=O)c1ccc(-c2ccccc2)cc1C.CCCC(C)(C)CCC.CCc1ccc(C)c(C)c1.CCc1ccc(C)cc1. The van der Waals surface area contributed by atoms with Gasteiger partial charge in [0.15, 0.2) is 5.78 Å². The largest absolute Gasteiger partial charge is 0.295 e. The van der Waals surface area contributed by atoms with E-state index in [1.54, 1.807) is 6.92 Å². The number of hydrogen-bond acceptors (Lipinski definition) is 1. The third kappa shape index (κ3) is 14.8. The molecular weight excluding hydrogens is 532 g/mol. The number of ketones is 1. The lowest BCUT2D eigenvalue weighted by Gasteiger charge is -2.22. The van der Waals surface area contributed by atoms with E-state index in [0.717, 1.165) is 29.5 Å². The van der Waals surface area contributed by atoms with E-state index in [2.05, 4.69) is 123 Å². The van der Waals surface area contributed by atoms with Crippen LogP contribution in [0.2, 0.25) is 0 Å². The highest BCUT2D eigenvalue weighted by Crippen LogP contribution is 2.27. The zero-order chi connectivity index (χ0) is 33.1. The molecule has 4 aromatic rings. The molecule has 0 amide bonds. The lowest BCUT2D eigenvalue weighted by Crippen LogP contribution is -2.09. The van der Waals surface area contributed by atoms with Crippen molar-refractivity contribution >= 4 is 5.78 Å². The van der Waals surface area contributed by atoms with Gasteiger partial charge in [-0.05, 0) is 105 Å². The Hall–Kier alpha value is -3.45. The molecule has 0 fully saturated rings. The van der Waals surface area contributed by atoms with Gasteiger partial charge in [0.2, 0.25) is 0 Å². The van der Waals surface area contributed by atoms with Crippen LogP contribution in [0.15, 0.2) is 91.0 Å². The Kier molecular flexibility index (Phi) is 18.0. The van der Waals surface area contributed by atoms with Crippen molar-refractivity contribution in [2.45, 2.75) is 115 Å². The third-order valence-corrected chi connectivity index (χ3v) is 8.07. The minimum atomic E-state index is 0.122. The minimum absolute atomic E-state index is 0.122. The molecule has 0 radical (unpaired) electrons. The van der Waals surface area contributed by atoms with Crippen LogP contribution < -0.4 is 0 Å². The molecule has 0 spiro atoms. The Morgan fingerprint density at radius 1 is 0.568 bits per heavy atom. The Labute approximate surface area is 271 Å². The van der Waals surface area contributed by atoms with E-state index in [0.29, 0.717) is 5.41 Å². The fraction of sp³-hybridized carbons (Fsp3) is 0.419. The number of rotatable bonds is 8. The third-order valence-electron chi connectivity index (χ3n) is 8.07. The van der Waals surface area contributed by atoms with Crippen LogP contribution >= 0.6 is 0 Å². The summed E-state index contributed by atoms with van der Waals surface area (Å²) < 4.78 is 0. The standard InChI is InChI=1S/C15H14O.C10H14.C9H12.C9H20/c1-11-10-14(8-9-15(11)12(2)16)13-6-4-3-5-7-13;1-4-10-6-5-8(2)9(3)7-10;1-3-9-6-4-8(2)5-7-9;1-5-7-9(3,4)8-6-2/h3-10H,1-2H3;5-7H,4H2,1-3H3;4-7H,3H2,1-2H3;5-8H2,1-4H3. The highest BCUT2D eigenvalue weighted by atomic mass is 16.1. The van der Waals surface area contributed by atoms with E-state index >= 15 is 0 Å². The van der Waals surface area contributed by atoms with Crippen molar-refractivity contribution in [2.75, 3.05) is 0 Å². The highest BCUT2D eigenvalue weighted by Gasteiger charge is 2.13. The first-order chi connectivity index (χ1) is 20.9. The molecule has 4 aromatic carbocycles. The van der Waals surface area contributed by atoms with Crippen LogP contribution in [-0.2, 0) is 12.8 Å². The quantitative estimate of drug-likeness (QED) is 0.186. The van der Waals surface area contributed by atoms with Gasteiger partial charge in [-0.3, -0.25) is 4.79 Å². The lowest BCUT2D eigenvalue weighted by molar-refractivity contribution is 0.101. The summed E-state index contributed by atoms with van der Waals surface area (Å²) in [5, 5.41) is 0. The van der Waals surface area contributed by atoms with Gasteiger partial charge in [-0.1, -0.05) is 151 Å². The van der Waals surface area contributed by atoms with Crippen LogP contribution in [0.3, 0.4) is 0 Å². The van der Waals surface area contributed by atoms with Gasteiger partial charge in [-0.25, -0.2) is 0 Å². The number of Topliss-reactive ketones (excluding diaryl/α,β-unsaturated/α-hetero) is 1. The summed E-state index contributed by atoms with van der Waals surface area (Å²) in [6, 6.07) is 31.4. The molecule has 0 aliphatic rings. The monoisotopic (exact) mass is 592 g/mol. The summed E-state index contributed by atoms with van der Waals surface area (Å²) >= 11 is 0. The predicted octanol–water partition coefficient (Wildman–Crippen LogP) is 12.9. The van der Waals surface area contributed by atoms with Crippen LogP contribution in [0.1, 0.15) is 118 Å². The van der Waals surface area contributed by atoms with Crippen LogP contribution in [-0.4, -0.2) is 5.78 Å². The van der Waals surface area contributed by atoms with Crippen molar-refractivity contribution in [3.05, 3.63) is 130 Å². The Bertz CT molecular complexity index is 1350. The summed E-state index contributed by atoms with van der Waals surface area (Å²) in [5.41, 5.74) is 11.8. The predicted molar refractivity (Wildman–Crippen MR) is 196 cm³/mol. The summed E-state index contributed by atoms with van der Waals surface area (Å²) in [4.78, 5) is 11.3. The van der Waals surface area contributed by atoms with E-state index in [4.69, 9.17) is 0 Å². The Morgan fingerprint density at radius 2 is 1.11 bits per heavy atom. The van der Waals surface area contributed by atoms with Crippen molar-refractivity contribution < 1.29 is 4.79 Å². The molecule has 0 unspecified atom stereocenters. The van der Waals surface area contributed by atoms with E-state index in [1.807, 2.05) is 37.3 Å². The van der Waals surface area contributed by atoms with Crippen molar-refractivity contribution in [2.24, 2.45) is 5.41 Å². The average molecular weight is 593 g/mol. The molecule has 0 aliphatic heterocycles. The molecule has 0 saturated heterocycles. The normalized spacial score (nSPS) is 10.3. The van der Waals surface area contributed by atoms with E-state index in [1.165, 1.54) is 59.1 Å². The zero-order valence-electron chi connectivity index (χ0n) is 29.8. The molecule has 0 aliphatic carbocycles. The Morgan fingerprint density at radius 3 is 1.57 bits per heavy atom. The van der Waals surface area contributed by atoms with Crippen molar-refractivity contribution in [3.8, 4) is 11.1 Å². The maximum Gasteiger partial charge on any atom is 0.160 e. The van der Waals surface area contributed by atoms with Crippen LogP contribution in [0, 0.1) is 33.1 Å². The van der Waals surface area contributed by atoms with Crippen LogP contribution in [0.5, 0.6) is 0 Å². The second-order valence-electron chi connectivity index (χ2n) is 12.7. The maximum absolute atomic E-state index is 11.3. The summed E-state index contributed by atoms with van der Waals surface area (Å²) in [5.74, 6) is 0.122. The zero-order valence-corrected chi connectivity index (χ0v) is 29.8. The van der Waals surface area contributed by atoms with Gasteiger partial charge in [-0.2, -0.15) is 0 Å². The van der Waals surface area contributed by atoms with Gasteiger partial charge in [0.1, 0.15) is 0 Å². The van der Waals surface area contributed by atoms with Gasteiger partial charge >= 0.3 is 0 Å². The van der Waals surface area contributed by atoms with Gasteiger partial charge < -0.3 is 0 Å². The fourth-order valence-corrected chi connectivity index (χ4v) is 5.19. The van der Waals surface area contributed by atoms with Crippen LogP contribution in [0.4, 0.5) is 0 Å². The number of carbonyl (C=O) groups is 1. The number of carbonyl (C=O) groups excluding carboxylic acids is 1. The van der Waals surface area contributed by atoms with Gasteiger partial charge in [-0.15, -0.1) is 0 Å². The van der Waals surface area contributed by atoms with E-state index in [-0.39, 0.29) is 5.78 Å². The molecule has 1 nitrogen and oxygen atoms in total. The first-order valence-corrected chi connectivity index (χ1v) is 16.7. The van der Waals surface area contributed by atoms with Gasteiger partial charge in [0.05, 0.1) is 0 Å². The molecule has 0 heterocycles. The molecule has 0 N–H and O–H groups in total. The Balaban J connectivity index is 0.000000305. The molecule has 0 atom stereocenters. The molecule has 238 valence electrons. The maximum atomic E-state index is 11.3. The lowest BCUT2D eigenvalue weighted by atomic mass is 9.84. The van der Waals surface area contributed by atoms with E-state index in [9.17, 15) is 4.79 Å². The molecule has 4 rings (SSSR count). The first-order valence-electron chi connectivity index (χ1n) is 16.7. The van der Waals surface area contributed by atoms with Gasteiger partial charge in [0, 0.05) is 5.56 Å². The second-order valence-corrected chi connectivity index (χ2v) is 12.7. The van der Waals surface area contributed by atoms with E-state index < -0.39 is 0 Å². The summed E-state index contributed by atoms with van der Waals surface area (Å²) in [6.07, 6.45) is 7.68. The molecule has 0 aromatic heterocycles. The minimum Gasteiger partial charge on any atom is -0.295 e. The first kappa shape index (κ1) is 38.6. The van der Waals surface area contributed by atoms with Crippen LogP contribution in [0.25, 0.3) is 11.1 Å². The molecule has 0 bridgehead atoms. The molecule has 1 heteroatoms. The van der Waals surface area contributed by atoms with Crippen molar-refractivity contribution in [1.82, 2.24) is 0 Å².